The second-order valence-electron chi connectivity index (χ2n) is 3.35. The highest BCUT2D eigenvalue weighted by Crippen LogP contribution is 2.23. The lowest BCUT2D eigenvalue weighted by atomic mass is 10.0. The second kappa shape index (κ2) is 2.35. The van der Waals surface area contributed by atoms with Gasteiger partial charge in [-0.3, -0.25) is 9.36 Å². The maximum Gasteiger partial charge on any atom is 0.419 e. The number of carbonyl (C=O) groups excluding carboxylic acids is 1. The highest BCUT2D eigenvalue weighted by Gasteiger charge is 2.22. The van der Waals surface area contributed by atoms with Crippen LogP contribution in [0, 0.1) is 0 Å². The molecule has 0 radical (unpaired) electrons. The molecule has 0 fully saturated rings. The van der Waals surface area contributed by atoms with E-state index in [9.17, 15) is 9.59 Å². The van der Waals surface area contributed by atoms with Gasteiger partial charge in [0.1, 0.15) is 5.52 Å². The molecule has 0 aliphatic carbocycles. The Morgan fingerprint density at radius 1 is 1.29 bits per heavy atom. The molecule has 14 heavy (non-hydrogen) atoms. The van der Waals surface area contributed by atoms with Crippen LogP contribution in [0.25, 0.3) is 11.1 Å². The molecule has 2 heterocycles. The van der Waals surface area contributed by atoms with Gasteiger partial charge in [0, 0.05) is 18.5 Å². The summed E-state index contributed by atoms with van der Waals surface area (Å²) in [5.41, 5.74) is 1.74. The normalized spacial score (nSPS) is 15.0. The minimum atomic E-state index is -0.375. The van der Waals surface area contributed by atoms with E-state index in [1.165, 1.54) is 4.57 Å². The summed E-state index contributed by atoms with van der Waals surface area (Å²) < 4.78 is 6.53. The molecule has 0 unspecified atom stereocenters. The predicted molar refractivity (Wildman–Crippen MR) is 49.4 cm³/mol. The number of para-hydroxylation sites is 1. The third-order valence-electron chi connectivity index (χ3n) is 2.55. The molecule has 0 N–H and O–H groups in total. The van der Waals surface area contributed by atoms with Gasteiger partial charge in [0.25, 0.3) is 0 Å². The highest BCUT2D eigenvalue weighted by atomic mass is 16.4. The van der Waals surface area contributed by atoms with Crippen molar-refractivity contribution >= 4 is 16.9 Å². The number of aromatic nitrogens is 1. The fourth-order valence-electron chi connectivity index (χ4n) is 1.90. The van der Waals surface area contributed by atoms with Crippen LogP contribution in [0.15, 0.2) is 27.4 Å². The molecule has 0 saturated carbocycles. The van der Waals surface area contributed by atoms with E-state index in [0.717, 1.165) is 0 Å². The second-order valence-corrected chi connectivity index (χ2v) is 3.35. The molecule has 0 saturated heterocycles. The van der Waals surface area contributed by atoms with Crippen LogP contribution in [-0.4, -0.2) is 10.4 Å². The van der Waals surface area contributed by atoms with Crippen molar-refractivity contribution < 1.29 is 9.21 Å². The van der Waals surface area contributed by atoms with E-state index in [2.05, 4.69) is 0 Å². The van der Waals surface area contributed by atoms with Gasteiger partial charge in [-0.1, -0.05) is 6.07 Å². The summed E-state index contributed by atoms with van der Waals surface area (Å²) in [4.78, 5) is 22.9. The van der Waals surface area contributed by atoms with Crippen molar-refractivity contribution in [3.8, 4) is 0 Å². The molecule has 3 rings (SSSR count). The minimum absolute atomic E-state index is 0.0800. The smallest absolute Gasteiger partial charge is 0.408 e. The van der Waals surface area contributed by atoms with Crippen molar-refractivity contribution in [1.82, 2.24) is 4.57 Å². The van der Waals surface area contributed by atoms with Crippen molar-refractivity contribution in [3.63, 3.8) is 0 Å². The largest absolute Gasteiger partial charge is 0.419 e. The molecule has 1 aromatic carbocycles. The molecular formula is C10H7NO3. The molecular weight excluding hydrogens is 182 g/mol. The van der Waals surface area contributed by atoms with E-state index in [0.29, 0.717) is 29.6 Å². The first-order valence-electron chi connectivity index (χ1n) is 4.43. The van der Waals surface area contributed by atoms with Crippen molar-refractivity contribution in [2.24, 2.45) is 0 Å². The first kappa shape index (κ1) is 7.55. The van der Waals surface area contributed by atoms with E-state index >= 15 is 0 Å². The number of ketones is 1. The molecule has 4 nitrogen and oxygen atoms in total. The number of carbonyl (C=O) groups is 1. The van der Waals surface area contributed by atoms with Gasteiger partial charge in [0.05, 0.1) is 0 Å². The van der Waals surface area contributed by atoms with Crippen LogP contribution in [0.1, 0.15) is 16.8 Å². The van der Waals surface area contributed by atoms with Crippen LogP contribution in [0.5, 0.6) is 0 Å². The number of benzene rings is 1. The highest BCUT2D eigenvalue weighted by molar-refractivity contribution is 6.06. The van der Waals surface area contributed by atoms with Crippen molar-refractivity contribution in [2.75, 3.05) is 0 Å². The molecule has 0 bridgehead atoms. The minimum Gasteiger partial charge on any atom is -0.408 e. The Morgan fingerprint density at radius 2 is 2.14 bits per heavy atom. The van der Waals surface area contributed by atoms with Crippen LogP contribution in [-0.2, 0) is 6.54 Å². The van der Waals surface area contributed by atoms with Gasteiger partial charge in [0.15, 0.2) is 11.4 Å². The first-order valence-corrected chi connectivity index (χ1v) is 4.43. The van der Waals surface area contributed by atoms with E-state index in [-0.39, 0.29) is 11.5 Å². The molecule has 0 spiro atoms. The summed E-state index contributed by atoms with van der Waals surface area (Å²) >= 11 is 0. The van der Waals surface area contributed by atoms with Gasteiger partial charge in [-0.2, -0.15) is 0 Å². The van der Waals surface area contributed by atoms with Gasteiger partial charge < -0.3 is 4.42 Å². The molecule has 0 amide bonds. The quantitative estimate of drug-likeness (QED) is 0.625. The number of aryl methyl sites for hydroxylation is 1. The molecule has 2 aromatic rings. The lowest BCUT2D eigenvalue weighted by Gasteiger charge is -2.10. The topological polar surface area (TPSA) is 52.2 Å². The molecule has 70 valence electrons. The van der Waals surface area contributed by atoms with Gasteiger partial charge >= 0.3 is 5.76 Å². The van der Waals surface area contributed by atoms with Crippen LogP contribution in [0.4, 0.5) is 0 Å². The zero-order valence-corrected chi connectivity index (χ0v) is 7.32. The summed E-state index contributed by atoms with van der Waals surface area (Å²) in [7, 11) is 0. The summed E-state index contributed by atoms with van der Waals surface area (Å²) in [6, 6.07) is 5.17. The number of oxazole rings is 1. The van der Waals surface area contributed by atoms with Crippen molar-refractivity contribution in [3.05, 3.63) is 34.3 Å². The Bertz CT molecular complexity index is 591. The predicted octanol–water partition coefficient (Wildman–Crippen LogP) is 1.18. The van der Waals surface area contributed by atoms with E-state index in [4.69, 9.17) is 4.42 Å². The number of Topliss-reactive ketones (excluding diaryl/α,β-unsaturated/α-hetero) is 1. The average molecular weight is 189 g/mol. The fraction of sp³-hybridized carbons (Fsp3) is 0.200. The van der Waals surface area contributed by atoms with Gasteiger partial charge in [-0.25, -0.2) is 4.79 Å². The number of hydrogen-bond acceptors (Lipinski definition) is 3. The summed E-state index contributed by atoms with van der Waals surface area (Å²) in [6.07, 6.45) is 0.381. The van der Waals surface area contributed by atoms with E-state index in [1.54, 1.807) is 18.2 Å². The molecule has 0 atom stereocenters. The van der Waals surface area contributed by atoms with Gasteiger partial charge in [0.2, 0.25) is 0 Å². The molecule has 1 aliphatic rings. The maximum atomic E-state index is 11.5. The molecule has 1 aromatic heterocycles. The Kier molecular flexibility index (Phi) is 1.27. The van der Waals surface area contributed by atoms with Crippen LogP contribution in [0.3, 0.4) is 0 Å². The molecule has 4 heteroatoms. The average Bonchev–Trinajstić information content (AvgIpc) is 2.50. The number of hydrogen-bond donors (Lipinski definition) is 0. The fourth-order valence-corrected chi connectivity index (χ4v) is 1.90. The Hall–Kier alpha value is -1.84. The van der Waals surface area contributed by atoms with Crippen molar-refractivity contribution in [2.45, 2.75) is 13.0 Å². The molecule has 1 aliphatic heterocycles. The van der Waals surface area contributed by atoms with Crippen LogP contribution in [0.2, 0.25) is 0 Å². The standard InChI is InChI=1S/C10H7NO3/c12-7-4-5-11-9-6(7)2-1-3-8(9)14-10(11)13/h1-3H,4-5H2. The number of rotatable bonds is 0. The van der Waals surface area contributed by atoms with Crippen molar-refractivity contribution in [1.29, 1.82) is 0 Å². The summed E-state index contributed by atoms with van der Waals surface area (Å²) in [5, 5.41) is 0. The third-order valence-corrected chi connectivity index (χ3v) is 2.55. The number of nitrogens with zero attached hydrogens (tertiary/aromatic N) is 1. The summed E-state index contributed by atoms with van der Waals surface area (Å²) in [6.45, 7) is 0.432. The summed E-state index contributed by atoms with van der Waals surface area (Å²) in [5.74, 6) is -0.295. The Balaban J connectivity index is 2.59. The Labute approximate surface area is 78.7 Å². The SMILES string of the molecule is O=C1CCn2c(=O)oc3cccc1c32. The Morgan fingerprint density at radius 3 is 3.00 bits per heavy atom. The first-order chi connectivity index (χ1) is 6.77. The van der Waals surface area contributed by atoms with Crippen LogP contribution >= 0.6 is 0 Å². The monoisotopic (exact) mass is 189 g/mol. The third kappa shape index (κ3) is 0.775. The van der Waals surface area contributed by atoms with E-state index in [1.807, 2.05) is 0 Å². The van der Waals surface area contributed by atoms with Gasteiger partial charge in [-0.15, -0.1) is 0 Å². The van der Waals surface area contributed by atoms with E-state index < -0.39 is 0 Å². The van der Waals surface area contributed by atoms with Crippen LogP contribution < -0.4 is 5.76 Å². The lowest BCUT2D eigenvalue weighted by Crippen LogP contribution is -2.21. The maximum absolute atomic E-state index is 11.5. The lowest BCUT2D eigenvalue weighted by molar-refractivity contribution is 0.0972. The zero-order chi connectivity index (χ0) is 9.71. The zero-order valence-electron chi connectivity index (χ0n) is 7.32. The van der Waals surface area contributed by atoms with Gasteiger partial charge in [-0.05, 0) is 12.1 Å².